The molecule has 2 aromatic carbocycles. The highest BCUT2D eigenvalue weighted by atomic mass is 16.2. The van der Waals surface area contributed by atoms with Crippen molar-refractivity contribution in [3.63, 3.8) is 0 Å². The normalized spacial score (nSPS) is 10.6. The summed E-state index contributed by atoms with van der Waals surface area (Å²) in [6, 6.07) is 17.5. The zero-order valence-corrected chi connectivity index (χ0v) is 14.9. The van der Waals surface area contributed by atoms with Crippen molar-refractivity contribution in [3.8, 4) is 0 Å². The van der Waals surface area contributed by atoms with Crippen molar-refractivity contribution >= 4 is 34.4 Å². The largest absolute Gasteiger partial charge is 0.318 e. The van der Waals surface area contributed by atoms with E-state index in [0.29, 0.717) is 33.5 Å². The van der Waals surface area contributed by atoms with Crippen LogP contribution in [0.15, 0.2) is 60.7 Å². The van der Waals surface area contributed by atoms with Crippen molar-refractivity contribution in [2.45, 2.75) is 6.92 Å². The molecule has 8 heteroatoms. The molecule has 0 spiro atoms. The van der Waals surface area contributed by atoms with Crippen LogP contribution in [0.1, 0.15) is 26.4 Å². The molecule has 4 rings (SSSR count). The average Bonchev–Trinajstić information content (AvgIpc) is 3.12. The Bertz CT molecular complexity index is 1160. The maximum Gasteiger partial charge on any atom is 0.256 e. The maximum atomic E-state index is 12.7. The number of anilines is 2. The van der Waals surface area contributed by atoms with E-state index in [1.807, 2.05) is 12.1 Å². The molecule has 8 nitrogen and oxygen atoms in total. The molecule has 28 heavy (non-hydrogen) atoms. The minimum atomic E-state index is -0.356. The van der Waals surface area contributed by atoms with Crippen LogP contribution in [0.2, 0.25) is 0 Å². The number of aromatic amines is 1. The van der Waals surface area contributed by atoms with Gasteiger partial charge >= 0.3 is 0 Å². The van der Waals surface area contributed by atoms with Gasteiger partial charge in [-0.15, -0.1) is 10.2 Å². The van der Waals surface area contributed by atoms with Crippen LogP contribution in [0.5, 0.6) is 0 Å². The number of H-pyrrole nitrogens is 1. The van der Waals surface area contributed by atoms with Crippen molar-refractivity contribution in [3.05, 3.63) is 77.5 Å². The summed E-state index contributed by atoms with van der Waals surface area (Å²) in [5.41, 5.74) is 2.33. The molecule has 2 amide bonds. The van der Waals surface area contributed by atoms with Crippen molar-refractivity contribution < 1.29 is 9.59 Å². The summed E-state index contributed by atoms with van der Waals surface area (Å²) in [7, 11) is 0. The Morgan fingerprint density at radius 2 is 1.39 bits per heavy atom. The van der Waals surface area contributed by atoms with Crippen LogP contribution in [-0.4, -0.2) is 32.2 Å². The van der Waals surface area contributed by atoms with Gasteiger partial charge in [0.1, 0.15) is 0 Å². The van der Waals surface area contributed by atoms with Gasteiger partial charge in [0.15, 0.2) is 5.82 Å². The lowest BCUT2D eigenvalue weighted by molar-refractivity contribution is 0.101. The Kier molecular flexibility index (Phi) is 4.51. The van der Waals surface area contributed by atoms with E-state index in [2.05, 4.69) is 31.0 Å². The first-order valence-corrected chi connectivity index (χ1v) is 8.57. The first-order chi connectivity index (χ1) is 13.6. The molecule has 2 heterocycles. The second kappa shape index (κ2) is 7.28. The van der Waals surface area contributed by atoms with Crippen LogP contribution in [0, 0.1) is 6.92 Å². The first-order valence-electron chi connectivity index (χ1n) is 8.57. The number of nitrogens with zero attached hydrogens (tertiary/aromatic N) is 3. The van der Waals surface area contributed by atoms with Crippen LogP contribution < -0.4 is 10.6 Å². The summed E-state index contributed by atoms with van der Waals surface area (Å²) in [5, 5.41) is 21.1. The lowest BCUT2D eigenvalue weighted by atomic mass is 10.2. The highest BCUT2D eigenvalue weighted by Gasteiger charge is 2.20. The van der Waals surface area contributed by atoms with Crippen molar-refractivity contribution in [1.29, 1.82) is 0 Å². The molecule has 138 valence electrons. The minimum absolute atomic E-state index is 0.148. The predicted octanol–water partition coefficient (Wildman–Crippen LogP) is 3.17. The third-order valence-corrected chi connectivity index (χ3v) is 4.20. The summed E-state index contributed by atoms with van der Waals surface area (Å²) >= 11 is 0. The Balaban J connectivity index is 1.74. The standard InChI is InChI=1S/C20H16N6O2/c1-12-15-16(21-19(27)13-8-4-2-5-9-13)18(26-25-17(15)24-23-12)22-20(28)14-10-6-3-7-11-14/h2-11H,1H3,(H,22,26,28)(H2,21,23,24,25,27). The van der Waals surface area contributed by atoms with Gasteiger partial charge in [0.05, 0.1) is 11.1 Å². The number of rotatable bonds is 4. The number of hydrogen-bond donors (Lipinski definition) is 3. The van der Waals surface area contributed by atoms with Gasteiger partial charge in [-0.1, -0.05) is 36.4 Å². The zero-order chi connectivity index (χ0) is 19.5. The quantitative estimate of drug-likeness (QED) is 0.509. The number of amides is 2. The fourth-order valence-electron chi connectivity index (χ4n) is 2.81. The van der Waals surface area contributed by atoms with Crippen LogP contribution in [0.3, 0.4) is 0 Å². The van der Waals surface area contributed by atoms with Gasteiger partial charge in [-0.25, -0.2) is 0 Å². The van der Waals surface area contributed by atoms with Crippen LogP contribution >= 0.6 is 0 Å². The molecular formula is C20H16N6O2. The molecule has 0 fully saturated rings. The summed E-state index contributed by atoms with van der Waals surface area (Å²) in [6.45, 7) is 1.80. The third kappa shape index (κ3) is 3.30. The summed E-state index contributed by atoms with van der Waals surface area (Å²) in [6.07, 6.45) is 0. The fourth-order valence-corrected chi connectivity index (χ4v) is 2.81. The summed E-state index contributed by atoms with van der Waals surface area (Å²) < 4.78 is 0. The fraction of sp³-hybridized carbons (Fsp3) is 0.0500. The smallest absolute Gasteiger partial charge is 0.256 e. The number of hydrogen-bond acceptors (Lipinski definition) is 5. The van der Waals surface area contributed by atoms with E-state index in [9.17, 15) is 9.59 Å². The van der Waals surface area contributed by atoms with E-state index in [4.69, 9.17) is 0 Å². The van der Waals surface area contributed by atoms with Crippen molar-refractivity contribution in [2.24, 2.45) is 0 Å². The average molecular weight is 372 g/mol. The Hall–Kier alpha value is -4.07. The number of fused-ring (bicyclic) bond motifs is 1. The monoisotopic (exact) mass is 372 g/mol. The van der Waals surface area contributed by atoms with E-state index < -0.39 is 0 Å². The molecule has 0 aliphatic heterocycles. The molecule has 0 bridgehead atoms. The Morgan fingerprint density at radius 3 is 2.00 bits per heavy atom. The molecule has 0 radical (unpaired) electrons. The van der Waals surface area contributed by atoms with E-state index >= 15 is 0 Å². The number of aryl methyl sites for hydroxylation is 1. The lowest BCUT2D eigenvalue weighted by Gasteiger charge is -2.12. The number of aromatic nitrogens is 4. The highest BCUT2D eigenvalue weighted by Crippen LogP contribution is 2.30. The van der Waals surface area contributed by atoms with Gasteiger partial charge in [-0.05, 0) is 31.2 Å². The molecule has 0 saturated heterocycles. The Labute approximate surface area is 160 Å². The van der Waals surface area contributed by atoms with Crippen molar-refractivity contribution in [1.82, 2.24) is 20.4 Å². The molecule has 0 atom stereocenters. The van der Waals surface area contributed by atoms with E-state index in [1.165, 1.54) is 0 Å². The van der Waals surface area contributed by atoms with E-state index in [0.717, 1.165) is 0 Å². The van der Waals surface area contributed by atoms with Crippen LogP contribution in [0.4, 0.5) is 11.5 Å². The predicted molar refractivity (Wildman–Crippen MR) is 105 cm³/mol. The minimum Gasteiger partial charge on any atom is -0.318 e. The summed E-state index contributed by atoms with van der Waals surface area (Å²) in [4.78, 5) is 25.3. The third-order valence-electron chi connectivity index (χ3n) is 4.20. The lowest BCUT2D eigenvalue weighted by Crippen LogP contribution is -2.18. The van der Waals surface area contributed by atoms with Crippen LogP contribution in [-0.2, 0) is 0 Å². The van der Waals surface area contributed by atoms with Gasteiger partial charge < -0.3 is 10.6 Å². The van der Waals surface area contributed by atoms with Crippen LogP contribution in [0.25, 0.3) is 11.0 Å². The second-order valence-corrected chi connectivity index (χ2v) is 6.11. The number of carbonyl (C=O) groups excluding carboxylic acids is 2. The molecule has 0 saturated carbocycles. The molecule has 4 aromatic rings. The molecular weight excluding hydrogens is 356 g/mol. The number of benzene rings is 2. The molecule has 0 aliphatic rings. The number of nitrogens with one attached hydrogen (secondary N) is 3. The number of carbonyl (C=O) groups is 2. The highest BCUT2D eigenvalue weighted by molar-refractivity contribution is 6.14. The molecule has 2 aromatic heterocycles. The topological polar surface area (TPSA) is 113 Å². The first kappa shape index (κ1) is 17.3. The Morgan fingerprint density at radius 1 is 0.821 bits per heavy atom. The van der Waals surface area contributed by atoms with Gasteiger partial charge in [-0.2, -0.15) is 5.10 Å². The summed E-state index contributed by atoms with van der Waals surface area (Å²) in [5.74, 6) is -0.536. The molecule has 0 aliphatic carbocycles. The van der Waals surface area contributed by atoms with Gasteiger partial charge in [0.2, 0.25) is 5.65 Å². The van der Waals surface area contributed by atoms with Gasteiger partial charge in [-0.3, -0.25) is 14.7 Å². The van der Waals surface area contributed by atoms with Crippen molar-refractivity contribution in [2.75, 3.05) is 10.6 Å². The maximum absolute atomic E-state index is 12.7. The molecule has 0 unspecified atom stereocenters. The van der Waals surface area contributed by atoms with E-state index in [1.54, 1.807) is 55.5 Å². The molecule has 3 N–H and O–H groups in total. The SMILES string of the molecule is Cc1[nH]nc2nnc(NC(=O)c3ccccc3)c(NC(=O)c3ccccc3)c12. The van der Waals surface area contributed by atoms with Gasteiger partial charge in [0, 0.05) is 16.8 Å². The zero-order valence-electron chi connectivity index (χ0n) is 14.9. The van der Waals surface area contributed by atoms with E-state index in [-0.39, 0.29) is 17.6 Å². The second-order valence-electron chi connectivity index (χ2n) is 6.11. The van der Waals surface area contributed by atoms with Gasteiger partial charge in [0.25, 0.3) is 11.8 Å².